The maximum atomic E-state index is 12.8. The van der Waals surface area contributed by atoms with E-state index in [1.165, 1.54) is 5.46 Å². The summed E-state index contributed by atoms with van der Waals surface area (Å²) in [5, 5.41) is 2.95. The molecule has 1 aromatic heterocycles. The number of nitrogens with one attached hydrogen (secondary N) is 1. The van der Waals surface area contributed by atoms with E-state index in [9.17, 15) is 4.79 Å². The van der Waals surface area contributed by atoms with E-state index >= 15 is 0 Å². The van der Waals surface area contributed by atoms with Gasteiger partial charge in [0.15, 0.2) is 0 Å². The molecule has 0 spiro atoms. The second-order valence-electron chi connectivity index (χ2n) is 7.61. The summed E-state index contributed by atoms with van der Waals surface area (Å²) in [5.74, 6) is -0.141. The molecule has 1 amide bonds. The lowest BCUT2D eigenvalue weighted by molar-refractivity contribution is 0.0950. The van der Waals surface area contributed by atoms with E-state index in [0.717, 1.165) is 38.0 Å². The topological polar surface area (TPSA) is 54.4 Å². The summed E-state index contributed by atoms with van der Waals surface area (Å²) in [6, 6.07) is 28.1. The van der Waals surface area contributed by atoms with Gasteiger partial charge in [-0.25, -0.2) is 4.99 Å². The number of carbonyl (C=O) groups is 1. The molecule has 32 heavy (non-hydrogen) atoms. The number of pyridine rings is 1. The van der Waals surface area contributed by atoms with Crippen molar-refractivity contribution in [2.75, 3.05) is 0 Å². The van der Waals surface area contributed by atoms with Gasteiger partial charge in [-0.15, -0.1) is 0 Å². The number of amides is 1. The van der Waals surface area contributed by atoms with E-state index in [1.54, 1.807) is 18.0 Å². The lowest BCUT2D eigenvalue weighted by atomic mass is 9.93. The van der Waals surface area contributed by atoms with Gasteiger partial charge in [-0.2, -0.15) is 0 Å². The Kier molecular flexibility index (Phi) is 5.61. The van der Waals surface area contributed by atoms with Crippen LogP contribution in [-0.2, 0) is 6.54 Å². The molecule has 0 saturated carbocycles. The molecule has 0 aliphatic carbocycles. The Labute approximate surface area is 192 Å². The van der Waals surface area contributed by atoms with Crippen LogP contribution in [-0.4, -0.2) is 24.4 Å². The monoisotopic (exact) mass is 433 g/mol. The molecular weight excluding hydrogens is 413 g/mol. The Balaban J connectivity index is 1.51. The van der Waals surface area contributed by atoms with Crippen molar-refractivity contribution >= 4 is 42.4 Å². The van der Waals surface area contributed by atoms with Crippen LogP contribution in [0.5, 0.6) is 0 Å². The number of hydrogen-bond acceptors (Lipinski definition) is 4. The summed E-state index contributed by atoms with van der Waals surface area (Å²) >= 11 is 1.68. The number of nitrogens with zero attached hydrogens (tertiary/aromatic N) is 2. The lowest BCUT2D eigenvalue weighted by Gasteiger charge is -2.09. The highest BCUT2D eigenvalue weighted by Crippen LogP contribution is 2.41. The van der Waals surface area contributed by atoms with Gasteiger partial charge in [0, 0.05) is 32.7 Å². The maximum Gasteiger partial charge on any atom is 0.251 e. The first-order valence-corrected chi connectivity index (χ1v) is 11.2. The zero-order valence-corrected chi connectivity index (χ0v) is 18.4. The minimum atomic E-state index is -0.141. The number of fused-ring (bicyclic) bond motifs is 2. The maximum absolute atomic E-state index is 12.8. The minimum Gasteiger partial charge on any atom is -0.346 e. The largest absolute Gasteiger partial charge is 0.346 e. The molecule has 3 aromatic carbocycles. The Morgan fingerprint density at radius 2 is 1.72 bits per heavy atom. The van der Waals surface area contributed by atoms with E-state index in [2.05, 4.69) is 54.5 Å². The third kappa shape index (κ3) is 4.22. The molecule has 1 aliphatic rings. The molecule has 4 nitrogen and oxygen atoms in total. The van der Waals surface area contributed by atoms with Crippen molar-refractivity contribution in [2.45, 2.75) is 16.3 Å². The fraction of sp³-hybridized carbons (Fsp3) is 0.0385. The molecule has 0 atom stereocenters. The standard InChI is InChI=1S/C26H20BN3OS/c27-19-11-8-17(9-12-19)25-21-6-1-2-7-23(21)32-24-13-10-18(15-22(24)30-25)26(31)29-16-20-5-3-4-14-28-20/h1-15H,16,27H2,(H,29,31). The van der Waals surface area contributed by atoms with Crippen LogP contribution in [0.25, 0.3) is 0 Å². The number of benzene rings is 3. The Hall–Kier alpha value is -3.64. The Bertz CT molecular complexity index is 1320. The molecule has 5 rings (SSSR count). The van der Waals surface area contributed by atoms with Crippen molar-refractivity contribution < 1.29 is 4.79 Å². The number of aliphatic imine (C=N–C) groups is 1. The van der Waals surface area contributed by atoms with Gasteiger partial charge in [-0.1, -0.05) is 65.8 Å². The average Bonchev–Trinajstić information content (AvgIpc) is 3.00. The zero-order valence-electron chi connectivity index (χ0n) is 17.6. The van der Waals surface area contributed by atoms with Gasteiger partial charge in [0.2, 0.25) is 0 Å². The van der Waals surface area contributed by atoms with Gasteiger partial charge in [-0.05, 0) is 36.4 Å². The van der Waals surface area contributed by atoms with Gasteiger partial charge in [0.1, 0.15) is 7.85 Å². The Morgan fingerprint density at radius 1 is 0.906 bits per heavy atom. The quantitative estimate of drug-likeness (QED) is 0.438. The van der Waals surface area contributed by atoms with E-state index in [0.29, 0.717) is 12.1 Å². The molecular formula is C26H20BN3OS. The molecule has 0 bridgehead atoms. The molecule has 0 unspecified atom stereocenters. The molecule has 1 N–H and O–H groups in total. The molecule has 1 aliphatic heterocycles. The van der Waals surface area contributed by atoms with Crippen molar-refractivity contribution in [1.29, 1.82) is 0 Å². The highest BCUT2D eigenvalue weighted by atomic mass is 32.2. The van der Waals surface area contributed by atoms with Crippen molar-refractivity contribution in [1.82, 2.24) is 10.3 Å². The first-order chi connectivity index (χ1) is 15.7. The van der Waals surface area contributed by atoms with Crippen LogP contribution in [0.4, 0.5) is 5.69 Å². The number of rotatable bonds is 4. The van der Waals surface area contributed by atoms with Crippen LogP contribution in [0.1, 0.15) is 27.2 Å². The highest BCUT2D eigenvalue weighted by molar-refractivity contribution is 7.99. The fourth-order valence-electron chi connectivity index (χ4n) is 3.59. The summed E-state index contributed by atoms with van der Waals surface area (Å²) in [6.07, 6.45) is 1.72. The molecule has 0 radical (unpaired) electrons. The number of carbonyl (C=O) groups excluding carboxylic acids is 1. The highest BCUT2D eigenvalue weighted by Gasteiger charge is 2.20. The van der Waals surface area contributed by atoms with Crippen LogP contribution in [0.3, 0.4) is 0 Å². The van der Waals surface area contributed by atoms with Gasteiger partial charge >= 0.3 is 0 Å². The normalized spacial score (nSPS) is 12.2. The van der Waals surface area contributed by atoms with Gasteiger partial charge in [0.05, 0.1) is 23.6 Å². The van der Waals surface area contributed by atoms with Crippen molar-refractivity contribution in [3.63, 3.8) is 0 Å². The molecule has 154 valence electrons. The van der Waals surface area contributed by atoms with Crippen LogP contribution < -0.4 is 10.8 Å². The summed E-state index contributed by atoms with van der Waals surface area (Å²) < 4.78 is 0. The van der Waals surface area contributed by atoms with E-state index < -0.39 is 0 Å². The van der Waals surface area contributed by atoms with Crippen LogP contribution in [0.15, 0.2) is 106 Å². The van der Waals surface area contributed by atoms with Crippen molar-refractivity contribution in [3.05, 3.63) is 114 Å². The number of hydrogen-bond donors (Lipinski definition) is 1. The van der Waals surface area contributed by atoms with E-state index in [-0.39, 0.29) is 5.91 Å². The zero-order chi connectivity index (χ0) is 21.9. The smallest absolute Gasteiger partial charge is 0.251 e. The summed E-state index contributed by atoms with van der Waals surface area (Å²) in [6.45, 7) is 0.384. The first kappa shape index (κ1) is 20.3. The SMILES string of the molecule is Bc1ccc(C2=Nc3cc(C(=O)NCc4ccccn4)ccc3Sc3ccccc32)cc1. The Morgan fingerprint density at radius 3 is 2.53 bits per heavy atom. The van der Waals surface area contributed by atoms with Crippen LogP contribution in [0.2, 0.25) is 0 Å². The molecule has 2 heterocycles. The minimum absolute atomic E-state index is 0.141. The van der Waals surface area contributed by atoms with Gasteiger partial charge in [0.25, 0.3) is 5.91 Å². The van der Waals surface area contributed by atoms with Crippen LogP contribution in [0, 0.1) is 0 Å². The van der Waals surface area contributed by atoms with Gasteiger partial charge < -0.3 is 5.32 Å². The van der Waals surface area contributed by atoms with Crippen molar-refractivity contribution in [2.24, 2.45) is 4.99 Å². The number of aromatic nitrogens is 1. The van der Waals surface area contributed by atoms with E-state index in [1.807, 2.05) is 48.5 Å². The van der Waals surface area contributed by atoms with Gasteiger partial charge in [-0.3, -0.25) is 9.78 Å². The second kappa shape index (κ2) is 8.85. The molecule has 4 aromatic rings. The second-order valence-corrected chi connectivity index (χ2v) is 8.69. The third-order valence-electron chi connectivity index (χ3n) is 5.30. The average molecular weight is 433 g/mol. The lowest BCUT2D eigenvalue weighted by Crippen LogP contribution is -2.23. The molecule has 6 heteroatoms. The van der Waals surface area contributed by atoms with E-state index in [4.69, 9.17) is 4.99 Å². The van der Waals surface area contributed by atoms with Crippen molar-refractivity contribution in [3.8, 4) is 0 Å². The predicted octanol–water partition coefficient (Wildman–Crippen LogP) is 3.90. The fourth-order valence-corrected chi connectivity index (χ4v) is 4.59. The predicted molar refractivity (Wildman–Crippen MR) is 132 cm³/mol. The first-order valence-electron chi connectivity index (χ1n) is 10.4. The molecule has 0 saturated heterocycles. The van der Waals surface area contributed by atoms with Crippen LogP contribution >= 0.6 is 11.8 Å². The summed E-state index contributed by atoms with van der Waals surface area (Å²) in [7, 11) is 2.08. The summed E-state index contributed by atoms with van der Waals surface area (Å²) in [4.78, 5) is 24.3. The third-order valence-corrected chi connectivity index (χ3v) is 6.44. The summed E-state index contributed by atoms with van der Waals surface area (Å²) in [5.41, 5.74) is 6.47. The molecule has 0 fully saturated rings.